The monoisotopic (exact) mass is 466 g/mol. The van der Waals surface area contributed by atoms with Gasteiger partial charge in [0.1, 0.15) is 11.5 Å². The lowest BCUT2D eigenvalue weighted by atomic mass is 9.83. The molecule has 2 aromatic heterocycles. The molecule has 1 unspecified atom stereocenters. The molecule has 5 heteroatoms. The van der Waals surface area contributed by atoms with Crippen molar-refractivity contribution in [3.63, 3.8) is 0 Å². The number of hydrogen-bond donors (Lipinski definition) is 0. The minimum atomic E-state index is -0.152. The zero-order valence-corrected chi connectivity index (χ0v) is 20.4. The lowest BCUT2D eigenvalue weighted by Gasteiger charge is -2.31. The molecule has 0 spiro atoms. The smallest absolute Gasteiger partial charge is 0.271 e. The van der Waals surface area contributed by atoms with Gasteiger partial charge in [0.25, 0.3) is 5.56 Å². The van der Waals surface area contributed by atoms with Crippen molar-refractivity contribution < 1.29 is 4.42 Å². The van der Waals surface area contributed by atoms with Crippen molar-refractivity contribution in [3.05, 3.63) is 120 Å². The Morgan fingerprint density at radius 3 is 2.59 bits per heavy atom. The summed E-state index contributed by atoms with van der Waals surface area (Å²) in [6.07, 6.45) is 3.70. The highest BCUT2D eigenvalue weighted by Crippen LogP contribution is 2.41. The summed E-state index contributed by atoms with van der Waals surface area (Å²) in [7, 11) is 0. The molecule has 2 aliphatic rings. The first-order chi connectivity index (χ1) is 16.5. The standard InChI is InChI=1S/C29H26N2O2S/c1-17(2)19-9-11-21(12-10-19)27-24-15-13-20-6-4-5-7-23(20)26(24)30-29-31(27)28(32)25(34-29)16-22-14-8-18(3)33-22/h4-12,14,16-17,27H,13,15H2,1-3H3. The van der Waals surface area contributed by atoms with Crippen LogP contribution in [-0.2, 0) is 6.42 Å². The molecule has 0 N–H and O–H groups in total. The molecule has 34 heavy (non-hydrogen) atoms. The average Bonchev–Trinajstić information content (AvgIpc) is 3.40. The maximum atomic E-state index is 13.7. The maximum absolute atomic E-state index is 13.7. The second kappa shape index (κ2) is 8.10. The fourth-order valence-corrected chi connectivity index (χ4v) is 6.03. The highest BCUT2D eigenvalue weighted by atomic mass is 32.1. The van der Waals surface area contributed by atoms with Crippen LogP contribution in [0, 0.1) is 6.92 Å². The topological polar surface area (TPSA) is 47.5 Å². The van der Waals surface area contributed by atoms with Crippen molar-refractivity contribution in [2.75, 3.05) is 0 Å². The van der Waals surface area contributed by atoms with Gasteiger partial charge in [0.2, 0.25) is 0 Å². The normalized spacial score (nSPS) is 17.4. The van der Waals surface area contributed by atoms with Gasteiger partial charge < -0.3 is 4.42 Å². The SMILES string of the molecule is Cc1ccc(C=c2sc3n(c2=O)C(c2ccc(C(C)C)cc2)C2=C(N=3)c3ccccc3CC2)o1. The molecule has 0 amide bonds. The molecule has 0 bridgehead atoms. The summed E-state index contributed by atoms with van der Waals surface area (Å²) in [5.74, 6) is 1.98. The van der Waals surface area contributed by atoms with E-state index in [9.17, 15) is 4.79 Å². The van der Waals surface area contributed by atoms with Crippen LogP contribution < -0.4 is 14.9 Å². The number of nitrogens with zero attached hydrogens (tertiary/aromatic N) is 2. The first-order valence-electron chi connectivity index (χ1n) is 11.8. The minimum Gasteiger partial charge on any atom is -0.462 e. The van der Waals surface area contributed by atoms with E-state index in [1.807, 2.05) is 29.7 Å². The van der Waals surface area contributed by atoms with Gasteiger partial charge in [-0.15, -0.1) is 0 Å². The van der Waals surface area contributed by atoms with Gasteiger partial charge in [-0.2, -0.15) is 0 Å². The van der Waals surface area contributed by atoms with E-state index in [4.69, 9.17) is 9.41 Å². The maximum Gasteiger partial charge on any atom is 0.271 e. The molecular weight excluding hydrogens is 440 g/mol. The molecule has 1 aliphatic carbocycles. The first kappa shape index (κ1) is 21.1. The molecule has 0 saturated heterocycles. The third kappa shape index (κ3) is 3.43. The van der Waals surface area contributed by atoms with Crippen LogP contribution in [0.25, 0.3) is 11.8 Å². The zero-order chi connectivity index (χ0) is 23.4. The largest absolute Gasteiger partial charge is 0.462 e. The Bertz CT molecular complexity index is 1610. The molecular formula is C29H26N2O2S. The van der Waals surface area contributed by atoms with Crippen molar-refractivity contribution in [2.45, 2.75) is 45.6 Å². The van der Waals surface area contributed by atoms with Crippen LogP contribution in [0.2, 0.25) is 0 Å². The first-order valence-corrected chi connectivity index (χ1v) is 12.6. The number of fused-ring (bicyclic) bond motifs is 3. The van der Waals surface area contributed by atoms with Crippen molar-refractivity contribution in [2.24, 2.45) is 4.99 Å². The Labute approximate surface area is 202 Å². The molecule has 170 valence electrons. The van der Waals surface area contributed by atoms with Crippen LogP contribution in [0.1, 0.15) is 66.0 Å². The second-order valence-electron chi connectivity index (χ2n) is 9.38. The Morgan fingerprint density at radius 2 is 1.85 bits per heavy atom. The fourth-order valence-electron chi connectivity index (χ4n) is 5.05. The molecule has 4 aromatic rings. The summed E-state index contributed by atoms with van der Waals surface area (Å²) in [4.78, 5) is 19.5. The number of allylic oxidation sites excluding steroid dienone is 1. The van der Waals surface area contributed by atoms with Gasteiger partial charge in [-0.05, 0) is 60.1 Å². The number of aryl methyl sites for hydroxylation is 2. The molecule has 2 aromatic carbocycles. The summed E-state index contributed by atoms with van der Waals surface area (Å²) in [6, 6.07) is 20.9. The van der Waals surface area contributed by atoms with Crippen molar-refractivity contribution in [3.8, 4) is 0 Å². The quantitative estimate of drug-likeness (QED) is 0.409. The van der Waals surface area contributed by atoms with Crippen LogP contribution in [0.3, 0.4) is 0 Å². The predicted octanol–water partition coefficient (Wildman–Crippen LogP) is 5.34. The number of benzene rings is 2. The van der Waals surface area contributed by atoms with Gasteiger partial charge in [-0.1, -0.05) is 73.7 Å². The van der Waals surface area contributed by atoms with Crippen LogP contribution >= 0.6 is 11.3 Å². The Hall–Kier alpha value is -3.44. The molecule has 1 aliphatic heterocycles. The second-order valence-corrected chi connectivity index (χ2v) is 10.4. The average molecular weight is 467 g/mol. The van der Waals surface area contributed by atoms with Gasteiger partial charge >= 0.3 is 0 Å². The van der Waals surface area contributed by atoms with Crippen LogP contribution in [0.4, 0.5) is 0 Å². The highest BCUT2D eigenvalue weighted by molar-refractivity contribution is 7.07. The van der Waals surface area contributed by atoms with Crippen LogP contribution in [0.5, 0.6) is 0 Å². The zero-order valence-electron chi connectivity index (χ0n) is 19.5. The number of furan rings is 1. The number of thiazole rings is 1. The van der Waals surface area contributed by atoms with Crippen LogP contribution in [-0.4, -0.2) is 4.57 Å². The summed E-state index contributed by atoms with van der Waals surface area (Å²) < 4.78 is 8.26. The number of hydrogen-bond acceptors (Lipinski definition) is 4. The number of rotatable bonds is 3. The van der Waals surface area contributed by atoms with Crippen molar-refractivity contribution >= 4 is 23.1 Å². The van der Waals surface area contributed by atoms with Gasteiger partial charge in [-0.3, -0.25) is 9.36 Å². The van der Waals surface area contributed by atoms with E-state index in [0.29, 0.717) is 16.2 Å². The molecule has 0 saturated carbocycles. The van der Waals surface area contributed by atoms with E-state index < -0.39 is 0 Å². The molecule has 4 nitrogen and oxygen atoms in total. The Kier molecular flexibility index (Phi) is 5.03. The van der Waals surface area contributed by atoms with Gasteiger partial charge in [0, 0.05) is 11.6 Å². The lowest BCUT2D eigenvalue weighted by molar-refractivity contribution is 0.524. The molecule has 3 heterocycles. The van der Waals surface area contributed by atoms with E-state index in [1.54, 1.807) is 0 Å². The third-order valence-electron chi connectivity index (χ3n) is 6.83. The van der Waals surface area contributed by atoms with E-state index in [1.165, 1.54) is 33.6 Å². The predicted molar refractivity (Wildman–Crippen MR) is 137 cm³/mol. The summed E-state index contributed by atoms with van der Waals surface area (Å²) in [6.45, 7) is 6.31. The molecule has 0 fully saturated rings. The van der Waals surface area contributed by atoms with Crippen molar-refractivity contribution in [1.82, 2.24) is 4.57 Å². The fraction of sp³-hybridized carbons (Fsp3) is 0.241. The molecule has 1 atom stereocenters. The third-order valence-corrected chi connectivity index (χ3v) is 7.81. The van der Waals surface area contributed by atoms with E-state index >= 15 is 0 Å². The lowest BCUT2D eigenvalue weighted by Crippen LogP contribution is -2.38. The summed E-state index contributed by atoms with van der Waals surface area (Å²) in [5.41, 5.74) is 7.18. The minimum absolute atomic E-state index is 0.0128. The van der Waals surface area contributed by atoms with Crippen LogP contribution in [0.15, 0.2) is 80.4 Å². The van der Waals surface area contributed by atoms with E-state index in [-0.39, 0.29) is 11.6 Å². The highest BCUT2D eigenvalue weighted by Gasteiger charge is 2.32. The molecule has 6 rings (SSSR count). The van der Waals surface area contributed by atoms with Crippen molar-refractivity contribution in [1.29, 1.82) is 0 Å². The van der Waals surface area contributed by atoms with Gasteiger partial charge in [0.15, 0.2) is 4.80 Å². The Morgan fingerprint density at radius 1 is 1.06 bits per heavy atom. The van der Waals surface area contributed by atoms with E-state index in [2.05, 4.69) is 62.4 Å². The molecule has 0 radical (unpaired) electrons. The summed E-state index contributed by atoms with van der Waals surface area (Å²) in [5, 5.41) is 0. The van der Waals surface area contributed by atoms with Gasteiger partial charge in [0.05, 0.1) is 16.3 Å². The summed E-state index contributed by atoms with van der Waals surface area (Å²) >= 11 is 1.44. The van der Waals surface area contributed by atoms with Gasteiger partial charge in [-0.25, -0.2) is 4.99 Å². The number of aromatic nitrogens is 1. The Balaban J connectivity index is 1.60. The van der Waals surface area contributed by atoms with E-state index in [0.717, 1.165) is 34.7 Å².